The van der Waals surface area contributed by atoms with E-state index >= 15 is 0 Å². The molecule has 3 N–H and O–H groups in total. The van der Waals surface area contributed by atoms with Crippen molar-refractivity contribution in [1.29, 1.82) is 0 Å². The summed E-state index contributed by atoms with van der Waals surface area (Å²) in [4.78, 5) is 24.3. The van der Waals surface area contributed by atoms with Crippen molar-refractivity contribution in [2.24, 2.45) is 17.3 Å². The minimum absolute atomic E-state index is 0.000499. The molecule has 4 atom stereocenters. The number of aliphatic carboxylic acids is 1. The van der Waals surface area contributed by atoms with E-state index in [9.17, 15) is 19.8 Å². The summed E-state index contributed by atoms with van der Waals surface area (Å²) in [7, 11) is 0. The molecule has 0 spiro atoms. The molecule has 0 saturated heterocycles. The number of carbonyl (C=O) groups is 2. The molecular weight excluding hydrogens is 472 g/mol. The third-order valence-corrected chi connectivity index (χ3v) is 7.11. The summed E-state index contributed by atoms with van der Waals surface area (Å²) in [5.41, 5.74) is -0.0237. The number of halogens is 1. The number of carboxylic acids is 1. The molecule has 1 aromatic carbocycles. The molecule has 0 bridgehead atoms. The molecule has 34 heavy (non-hydrogen) atoms. The number of hydrogen-bond acceptors (Lipinski definition) is 5. The Bertz CT molecular complexity index is 937. The van der Waals surface area contributed by atoms with E-state index in [4.69, 9.17) is 16.7 Å². The molecule has 1 aliphatic rings. The fourth-order valence-corrected chi connectivity index (χ4v) is 4.87. The normalized spacial score (nSPS) is 23.8. The Morgan fingerprint density at radius 3 is 2.62 bits per heavy atom. The number of ketones is 1. The second-order valence-electron chi connectivity index (χ2n) is 9.31. The van der Waals surface area contributed by atoms with Crippen LogP contribution in [0.2, 0.25) is 0 Å². The van der Waals surface area contributed by atoms with E-state index in [2.05, 4.69) is 12.6 Å². The molecule has 1 fully saturated rings. The molecule has 0 aliphatic heterocycles. The van der Waals surface area contributed by atoms with Crippen molar-refractivity contribution in [3.63, 3.8) is 0 Å². The predicted octanol–water partition coefficient (Wildman–Crippen LogP) is 5.66. The zero-order chi connectivity index (χ0) is 25.3. The van der Waals surface area contributed by atoms with Gasteiger partial charge in [-0.3, -0.25) is 9.59 Å². The molecule has 7 heteroatoms. The summed E-state index contributed by atoms with van der Waals surface area (Å²) >= 11 is 10.8. The summed E-state index contributed by atoms with van der Waals surface area (Å²) in [6, 6.07) is 7.53. The van der Waals surface area contributed by atoms with Crippen LogP contribution in [0.4, 0.5) is 0 Å². The Hall–Kier alpha value is -1.86. The van der Waals surface area contributed by atoms with E-state index in [0.29, 0.717) is 37.1 Å². The Balaban J connectivity index is 1.96. The average molecular weight is 507 g/mol. The van der Waals surface area contributed by atoms with Gasteiger partial charge in [0.25, 0.3) is 0 Å². The van der Waals surface area contributed by atoms with E-state index in [1.54, 1.807) is 26.0 Å². The van der Waals surface area contributed by atoms with Crippen molar-refractivity contribution < 1.29 is 24.9 Å². The molecule has 2 rings (SSSR count). The van der Waals surface area contributed by atoms with Crippen molar-refractivity contribution in [1.82, 2.24) is 0 Å². The van der Waals surface area contributed by atoms with E-state index in [1.165, 1.54) is 0 Å². The van der Waals surface area contributed by atoms with E-state index < -0.39 is 29.5 Å². The number of allylic oxidation sites excluding steroid dienone is 3. The molecule has 0 heterocycles. The number of benzene rings is 1. The maximum atomic E-state index is 12.9. The van der Waals surface area contributed by atoms with Crippen molar-refractivity contribution in [2.75, 3.05) is 0 Å². The predicted molar refractivity (Wildman–Crippen MR) is 139 cm³/mol. The third-order valence-electron chi connectivity index (χ3n) is 6.36. The fraction of sp³-hybridized carbons (Fsp3) is 0.481. The quantitative estimate of drug-likeness (QED) is 0.167. The summed E-state index contributed by atoms with van der Waals surface area (Å²) < 4.78 is 0. The first-order chi connectivity index (χ1) is 16.1. The molecule has 0 radical (unpaired) electrons. The van der Waals surface area contributed by atoms with Crippen molar-refractivity contribution >= 4 is 41.0 Å². The monoisotopic (exact) mass is 506 g/mol. The molecule has 0 amide bonds. The van der Waals surface area contributed by atoms with Crippen LogP contribution in [0.1, 0.15) is 57.9 Å². The van der Waals surface area contributed by atoms with Gasteiger partial charge in [0.15, 0.2) is 0 Å². The Morgan fingerprint density at radius 2 is 1.94 bits per heavy atom. The van der Waals surface area contributed by atoms with Crippen LogP contribution in [0.15, 0.2) is 59.5 Å². The summed E-state index contributed by atoms with van der Waals surface area (Å²) in [5.74, 6) is -1.60. The lowest BCUT2D eigenvalue weighted by Crippen LogP contribution is -2.31. The van der Waals surface area contributed by atoms with Gasteiger partial charge in [-0.15, -0.1) is 12.6 Å². The second kappa shape index (κ2) is 13.3. The molecule has 5 nitrogen and oxygen atoms in total. The number of rotatable bonds is 12. The van der Waals surface area contributed by atoms with Gasteiger partial charge < -0.3 is 15.3 Å². The molecule has 1 aliphatic carbocycles. The highest BCUT2D eigenvalue weighted by Gasteiger charge is 2.52. The molecule has 0 aromatic heterocycles. The summed E-state index contributed by atoms with van der Waals surface area (Å²) in [6.45, 7) is 3.50. The van der Waals surface area contributed by atoms with Gasteiger partial charge >= 0.3 is 5.97 Å². The topological polar surface area (TPSA) is 94.8 Å². The first kappa shape index (κ1) is 28.4. The van der Waals surface area contributed by atoms with E-state index in [-0.39, 0.29) is 18.1 Å². The number of carbonyl (C=O) groups excluding carboxylic acids is 1. The van der Waals surface area contributed by atoms with Gasteiger partial charge in [-0.2, -0.15) is 0 Å². The number of unbranched alkanes of at least 4 members (excludes halogenated alkanes) is 1. The van der Waals surface area contributed by atoms with Crippen LogP contribution in [0.5, 0.6) is 0 Å². The summed E-state index contributed by atoms with van der Waals surface area (Å²) in [5, 5.41) is 30.5. The number of Topliss-reactive ketones (excluding diaryl/α,β-unsaturated/α-hetero) is 1. The standard InChI is InChI=1S/C27H35ClO5S/c1-27(2)25(32)19(11-5-3-4-6-15-24(30)31)20(26(27)33)17-16-18(29)10-9-13-22(28)21-12-7-8-14-23(21)34/h3,5,7-8,12-14,16-20,26,29,33-34H,4,6,9-11,15H2,1-2H3,(H,30,31)/b5-3-,17-16+,22-13-/t18-,19-,20-,26+/m1/s1. The van der Waals surface area contributed by atoms with Gasteiger partial charge in [0.05, 0.1) is 17.6 Å². The molecule has 1 saturated carbocycles. The van der Waals surface area contributed by atoms with Crippen molar-refractivity contribution in [3.8, 4) is 0 Å². The fourth-order valence-electron chi connectivity index (χ4n) is 4.25. The molecule has 1 aromatic rings. The second-order valence-corrected chi connectivity index (χ2v) is 10.2. The average Bonchev–Trinajstić information content (AvgIpc) is 2.94. The van der Waals surface area contributed by atoms with E-state index in [1.807, 2.05) is 42.5 Å². The maximum absolute atomic E-state index is 12.9. The van der Waals surface area contributed by atoms with Crippen LogP contribution in [-0.2, 0) is 9.59 Å². The lowest BCUT2D eigenvalue weighted by atomic mass is 9.86. The number of aliphatic hydroxyl groups is 2. The number of carboxylic acid groups (broad SMARTS) is 1. The Morgan fingerprint density at radius 1 is 1.24 bits per heavy atom. The number of thiol groups is 1. The Labute approximate surface area is 212 Å². The molecule has 0 unspecified atom stereocenters. The van der Waals surface area contributed by atoms with Crippen LogP contribution in [0.25, 0.3) is 5.03 Å². The van der Waals surface area contributed by atoms with Crippen molar-refractivity contribution in [3.05, 3.63) is 60.2 Å². The largest absolute Gasteiger partial charge is 0.481 e. The van der Waals surface area contributed by atoms with Gasteiger partial charge in [-0.25, -0.2) is 0 Å². The van der Waals surface area contributed by atoms with Gasteiger partial charge in [-0.05, 0) is 38.2 Å². The van der Waals surface area contributed by atoms with Crippen molar-refractivity contribution in [2.45, 2.75) is 69.5 Å². The van der Waals surface area contributed by atoms with Crippen LogP contribution >= 0.6 is 24.2 Å². The Kier molecular flexibility index (Phi) is 11.1. The first-order valence-corrected chi connectivity index (χ1v) is 12.5. The van der Waals surface area contributed by atoms with Gasteiger partial charge in [0.1, 0.15) is 5.78 Å². The molecule has 186 valence electrons. The lowest BCUT2D eigenvalue weighted by molar-refractivity contribution is -0.137. The zero-order valence-electron chi connectivity index (χ0n) is 19.7. The van der Waals surface area contributed by atoms with Crippen LogP contribution in [-0.4, -0.2) is 39.3 Å². The minimum Gasteiger partial charge on any atom is -0.481 e. The zero-order valence-corrected chi connectivity index (χ0v) is 21.4. The van der Waals surface area contributed by atoms with E-state index in [0.717, 1.165) is 10.5 Å². The van der Waals surface area contributed by atoms with Crippen LogP contribution in [0, 0.1) is 17.3 Å². The third kappa shape index (κ3) is 7.84. The number of hydrogen-bond donors (Lipinski definition) is 4. The molecular formula is C27H35ClO5S. The minimum atomic E-state index is -0.863. The van der Waals surface area contributed by atoms with Gasteiger partial charge in [0.2, 0.25) is 0 Å². The highest BCUT2D eigenvalue weighted by Crippen LogP contribution is 2.44. The maximum Gasteiger partial charge on any atom is 0.303 e. The lowest BCUT2D eigenvalue weighted by Gasteiger charge is -2.22. The smallest absolute Gasteiger partial charge is 0.303 e. The van der Waals surface area contributed by atoms with Crippen LogP contribution < -0.4 is 0 Å². The van der Waals surface area contributed by atoms with Gasteiger partial charge in [0, 0.05) is 33.7 Å². The number of aliphatic hydroxyl groups excluding tert-OH is 2. The van der Waals surface area contributed by atoms with Crippen LogP contribution in [0.3, 0.4) is 0 Å². The first-order valence-electron chi connectivity index (χ1n) is 11.6. The van der Waals surface area contributed by atoms with Gasteiger partial charge in [-0.1, -0.05) is 74.0 Å². The SMILES string of the molecule is CC1(C)C(=O)[C@H](C/C=C\CCCC(=O)O)[C@@H](/C=C/[C@H](O)CC/C=C(\Cl)c2ccccc2S)[C@@H]1O. The summed E-state index contributed by atoms with van der Waals surface area (Å²) in [6.07, 6.45) is 10.3. The highest BCUT2D eigenvalue weighted by atomic mass is 35.5. The highest BCUT2D eigenvalue weighted by molar-refractivity contribution is 7.80.